The second-order valence-corrected chi connectivity index (χ2v) is 6.99. The second-order valence-electron chi connectivity index (χ2n) is 4.42. The minimum absolute atomic E-state index is 0.394. The number of benzene rings is 1. The first kappa shape index (κ1) is 16.1. The van der Waals surface area contributed by atoms with Gasteiger partial charge >= 0.3 is 5.97 Å². The summed E-state index contributed by atoms with van der Waals surface area (Å²) < 4.78 is 59.4. The number of esters is 1. The van der Waals surface area contributed by atoms with Crippen molar-refractivity contribution in [3.63, 3.8) is 0 Å². The van der Waals surface area contributed by atoms with Crippen molar-refractivity contribution in [2.45, 2.75) is 23.8 Å². The lowest BCUT2D eigenvalue weighted by Gasteiger charge is -2.22. The molecular weight excluding hydrogens is 330 g/mol. The van der Waals surface area contributed by atoms with Crippen molar-refractivity contribution in [1.82, 2.24) is 0 Å². The number of carbonyl (C=O) groups excluding carboxylic acids is 1. The van der Waals surface area contributed by atoms with Crippen LogP contribution in [0.25, 0.3) is 0 Å². The fourth-order valence-electron chi connectivity index (χ4n) is 1.86. The van der Waals surface area contributed by atoms with Crippen molar-refractivity contribution < 1.29 is 31.5 Å². The van der Waals surface area contributed by atoms with Crippen LogP contribution in [0.15, 0.2) is 17.0 Å². The van der Waals surface area contributed by atoms with E-state index in [0.29, 0.717) is 38.2 Å². The highest BCUT2D eigenvalue weighted by Gasteiger charge is 2.25. The molecule has 1 heterocycles. The van der Waals surface area contributed by atoms with Crippen LogP contribution >= 0.6 is 10.7 Å². The van der Waals surface area contributed by atoms with Crippen molar-refractivity contribution in [3.8, 4) is 0 Å². The second kappa shape index (κ2) is 6.25. The predicted octanol–water partition coefficient (Wildman–Crippen LogP) is 2.23. The molecule has 9 heteroatoms. The molecule has 5 nitrogen and oxygen atoms in total. The average Bonchev–Trinajstić information content (AvgIpc) is 2.41. The van der Waals surface area contributed by atoms with Gasteiger partial charge in [-0.1, -0.05) is 0 Å². The van der Waals surface area contributed by atoms with Gasteiger partial charge in [0, 0.05) is 23.5 Å². The Morgan fingerprint density at radius 1 is 1.29 bits per heavy atom. The molecule has 1 aromatic rings. The van der Waals surface area contributed by atoms with Crippen molar-refractivity contribution in [1.29, 1.82) is 0 Å². The first-order chi connectivity index (χ1) is 9.79. The third kappa shape index (κ3) is 3.90. The lowest BCUT2D eigenvalue weighted by molar-refractivity contribution is -0.0162. The summed E-state index contributed by atoms with van der Waals surface area (Å²) in [7, 11) is 0.772. The molecule has 0 aromatic heterocycles. The van der Waals surface area contributed by atoms with Gasteiger partial charge in [-0.25, -0.2) is 22.0 Å². The van der Waals surface area contributed by atoms with Gasteiger partial charge in [0.2, 0.25) is 0 Å². The predicted molar refractivity (Wildman–Crippen MR) is 68.7 cm³/mol. The van der Waals surface area contributed by atoms with Gasteiger partial charge in [-0.2, -0.15) is 0 Å². The minimum atomic E-state index is -4.29. The molecule has 0 aliphatic carbocycles. The Labute approximate surface area is 124 Å². The smallest absolute Gasteiger partial charge is 0.341 e. The van der Waals surface area contributed by atoms with E-state index >= 15 is 0 Å². The molecule has 1 aliphatic rings. The van der Waals surface area contributed by atoms with Gasteiger partial charge in [0.25, 0.3) is 9.05 Å². The van der Waals surface area contributed by atoms with E-state index in [2.05, 4.69) is 0 Å². The fourth-order valence-corrected chi connectivity index (χ4v) is 2.63. The summed E-state index contributed by atoms with van der Waals surface area (Å²) in [4.78, 5) is 11.2. The maximum Gasteiger partial charge on any atom is 0.341 e. The third-order valence-corrected chi connectivity index (χ3v) is 4.28. The van der Waals surface area contributed by atoms with Crippen LogP contribution < -0.4 is 0 Å². The Bertz CT molecular complexity index is 656. The Morgan fingerprint density at radius 2 is 1.90 bits per heavy atom. The molecule has 21 heavy (non-hydrogen) atoms. The molecule has 0 spiro atoms. The largest absolute Gasteiger partial charge is 0.459 e. The minimum Gasteiger partial charge on any atom is -0.459 e. The highest BCUT2D eigenvalue weighted by Crippen LogP contribution is 2.23. The molecule has 1 aromatic carbocycles. The van der Waals surface area contributed by atoms with E-state index in [9.17, 15) is 22.0 Å². The van der Waals surface area contributed by atoms with Gasteiger partial charge in [0.15, 0.2) is 11.6 Å². The van der Waals surface area contributed by atoms with Crippen LogP contribution in [0.3, 0.4) is 0 Å². The molecule has 1 fully saturated rings. The Balaban J connectivity index is 2.29. The van der Waals surface area contributed by atoms with E-state index in [4.69, 9.17) is 20.2 Å². The zero-order valence-electron chi connectivity index (χ0n) is 10.6. The maximum atomic E-state index is 13.6. The molecule has 2 rings (SSSR count). The van der Waals surface area contributed by atoms with Crippen LogP contribution in [0, 0.1) is 11.6 Å². The molecule has 0 atom stereocenters. The van der Waals surface area contributed by atoms with Gasteiger partial charge in [0.05, 0.1) is 23.7 Å². The monoisotopic (exact) mass is 340 g/mol. The van der Waals surface area contributed by atoms with Crippen molar-refractivity contribution >= 4 is 25.7 Å². The van der Waals surface area contributed by atoms with Gasteiger partial charge in [-0.15, -0.1) is 0 Å². The molecule has 0 N–H and O–H groups in total. The van der Waals surface area contributed by atoms with E-state index in [1.165, 1.54) is 0 Å². The Morgan fingerprint density at radius 3 is 2.48 bits per heavy atom. The third-order valence-electron chi connectivity index (χ3n) is 2.95. The van der Waals surface area contributed by atoms with E-state index in [-0.39, 0.29) is 0 Å². The van der Waals surface area contributed by atoms with Gasteiger partial charge < -0.3 is 9.47 Å². The molecule has 0 saturated carbocycles. The molecule has 1 saturated heterocycles. The molecule has 1 aliphatic heterocycles. The average molecular weight is 341 g/mol. The Hall–Kier alpha value is -1.25. The van der Waals surface area contributed by atoms with Gasteiger partial charge in [0.1, 0.15) is 6.10 Å². The molecule has 116 valence electrons. The van der Waals surface area contributed by atoms with E-state index < -0.39 is 43.2 Å². The van der Waals surface area contributed by atoms with Gasteiger partial charge in [-0.05, 0) is 12.1 Å². The Kier molecular flexibility index (Phi) is 4.80. The van der Waals surface area contributed by atoms with Crippen LogP contribution in [-0.2, 0) is 18.5 Å². The van der Waals surface area contributed by atoms with Gasteiger partial charge in [-0.3, -0.25) is 0 Å². The van der Waals surface area contributed by atoms with Crippen molar-refractivity contribution in [2.24, 2.45) is 0 Å². The fraction of sp³-hybridized carbons (Fsp3) is 0.417. The zero-order valence-corrected chi connectivity index (χ0v) is 12.2. The number of halogens is 3. The number of ether oxygens (including phenoxy) is 2. The van der Waals surface area contributed by atoms with Crippen LogP contribution in [-0.4, -0.2) is 33.7 Å². The van der Waals surface area contributed by atoms with Crippen LogP contribution in [0.5, 0.6) is 0 Å². The maximum absolute atomic E-state index is 13.6. The van der Waals surface area contributed by atoms with E-state index in [1.54, 1.807) is 0 Å². The zero-order chi connectivity index (χ0) is 15.6. The summed E-state index contributed by atoms with van der Waals surface area (Å²) in [6, 6.07) is 1.06. The first-order valence-electron chi connectivity index (χ1n) is 6.01. The molecule has 0 unspecified atom stereocenters. The summed E-state index contributed by atoms with van der Waals surface area (Å²) >= 11 is 0. The van der Waals surface area contributed by atoms with Crippen LogP contribution in [0.1, 0.15) is 23.2 Å². The lowest BCUT2D eigenvalue weighted by atomic mass is 10.1. The molecule has 0 bridgehead atoms. The first-order valence-corrected chi connectivity index (χ1v) is 8.32. The highest BCUT2D eigenvalue weighted by atomic mass is 35.7. The van der Waals surface area contributed by atoms with Crippen LogP contribution in [0.4, 0.5) is 8.78 Å². The normalized spacial score (nSPS) is 16.7. The number of hydrogen-bond donors (Lipinski definition) is 0. The lowest BCUT2D eigenvalue weighted by Crippen LogP contribution is -2.26. The molecule has 0 radical (unpaired) electrons. The van der Waals surface area contributed by atoms with Crippen molar-refractivity contribution in [2.75, 3.05) is 13.2 Å². The molecular formula is C12H11ClF2O5S. The number of carbonyl (C=O) groups is 1. The highest BCUT2D eigenvalue weighted by molar-refractivity contribution is 8.13. The SMILES string of the molecule is O=C(OC1CCOCC1)c1cc(S(=O)(=O)Cl)cc(F)c1F. The summed E-state index contributed by atoms with van der Waals surface area (Å²) in [5.41, 5.74) is -0.805. The summed E-state index contributed by atoms with van der Waals surface area (Å²) in [5, 5.41) is 0. The summed E-state index contributed by atoms with van der Waals surface area (Å²) in [6.07, 6.45) is 0.386. The quantitative estimate of drug-likeness (QED) is 0.623. The summed E-state index contributed by atoms with van der Waals surface area (Å²) in [6.45, 7) is 0.787. The van der Waals surface area contributed by atoms with E-state index in [1.807, 2.05) is 0 Å². The van der Waals surface area contributed by atoms with Crippen molar-refractivity contribution in [3.05, 3.63) is 29.3 Å². The summed E-state index contributed by atoms with van der Waals surface area (Å²) in [5.74, 6) is -4.10. The number of rotatable bonds is 3. The van der Waals surface area contributed by atoms with Crippen LogP contribution in [0.2, 0.25) is 0 Å². The number of hydrogen-bond acceptors (Lipinski definition) is 5. The standard InChI is InChI=1S/C12H11ClF2O5S/c13-21(17,18)8-5-9(11(15)10(14)6-8)12(16)20-7-1-3-19-4-2-7/h5-7H,1-4H2. The van der Waals surface area contributed by atoms with E-state index in [0.717, 1.165) is 0 Å². The topological polar surface area (TPSA) is 69.7 Å². The molecule has 0 amide bonds.